The SMILES string of the molecule is CCC(CC(N)=S)NS(=O)(=O)c1cc(F)ccc1C. The number of aryl methyl sites for hydroxylation is 1. The van der Waals surface area contributed by atoms with Gasteiger partial charge in [-0.15, -0.1) is 0 Å². The van der Waals surface area contributed by atoms with Crippen LogP contribution in [0.15, 0.2) is 23.1 Å². The van der Waals surface area contributed by atoms with Crippen molar-refractivity contribution in [3.8, 4) is 0 Å². The molecular formula is C12H17FN2O2S2. The van der Waals surface area contributed by atoms with Crippen LogP contribution in [0.4, 0.5) is 4.39 Å². The number of nitrogens with one attached hydrogen (secondary N) is 1. The minimum absolute atomic E-state index is 0.0612. The Hall–Kier alpha value is -1.05. The maximum Gasteiger partial charge on any atom is 0.241 e. The summed E-state index contributed by atoms with van der Waals surface area (Å²) in [6.07, 6.45) is 0.824. The molecule has 0 amide bonds. The van der Waals surface area contributed by atoms with Crippen LogP contribution in [0.2, 0.25) is 0 Å². The average molecular weight is 304 g/mol. The lowest BCUT2D eigenvalue weighted by molar-refractivity contribution is 0.544. The van der Waals surface area contributed by atoms with E-state index in [-0.39, 0.29) is 22.3 Å². The standard InChI is InChI=1S/C12H17FN2O2S2/c1-3-10(7-12(14)18)15-19(16,17)11-6-9(13)5-4-8(11)2/h4-6,10,15H,3,7H2,1-2H3,(H2,14,18). The minimum atomic E-state index is -3.78. The number of halogens is 1. The van der Waals surface area contributed by atoms with Crippen LogP contribution in [-0.4, -0.2) is 19.4 Å². The van der Waals surface area contributed by atoms with Gasteiger partial charge in [0.1, 0.15) is 5.82 Å². The molecule has 4 nitrogen and oxygen atoms in total. The fourth-order valence-electron chi connectivity index (χ4n) is 1.66. The Morgan fingerprint density at radius 2 is 2.16 bits per heavy atom. The molecule has 1 atom stereocenters. The predicted molar refractivity (Wildman–Crippen MR) is 76.9 cm³/mol. The highest BCUT2D eigenvalue weighted by Gasteiger charge is 2.21. The Morgan fingerprint density at radius 3 is 2.68 bits per heavy atom. The maximum absolute atomic E-state index is 13.2. The van der Waals surface area contributed by atoms with E-state index in [1.54, 1.807) is 6.92 Å². The number of hydrogen-bond acceptors (Lipinski definition) is 3. The average Bonchev–Trinajstić information content (AvgIpc) is 2.30. The van der Waals surface area contributed by atoms with E-state index in [9.17, 15) is 12.8 Å². The number of benzene rings is 1. The monoisotopic (exact) mass is 304 g/mol. The topological polar surface area (TPSA) is 72.2 Å². The quantitative estimate of drug-likeness (QED) is 0.787. The molecule has 7 heteroatoms. The first kappa shape index (κ1) is 16.0. The van der Waals surface area contributed by atoms with E-state index in [2.05, 4.69) is 4.72 Å². The van der Waals surface area contributed by atoms with Gasteiger partial charge in [0, 0.05) is 12.5 Å². The van der Waals surface area contributed by atoms with E-state index in [1.807, 2.05) is 6.92 Å². The lowest BCUT2D eigenvalue weighted by Gasteiger charge is -2.17. The van der Waals surface area contributed by atoms with Crippen LogP contribution in [0.25, 0.3) is 0 Å². The van der Waals surface area contributed by atoms with Crippen molar-refractivity contribution in [1.82, 2.24) is 4.72 Å². The fraction of sp³-hybridized carbons (Fsp3) is 0.417. The molecule has 19 heavy (non-hydrogen) atoms. The normalized spacial score (nSPS) is 13.2. The molecule has 106 valence electrons. The van der Waals surface area contributed by atoms with E-state index in [0.717, 1.165) is 6.07 Å². The molecule has 0 bridgehead atoms. The van der Waals surface area contributed by atoms with Crippen LogP contribution < -0.4 is 10.5 Å². The summed E-state index contributed by atoms with van der Waals surface area (Å²) in [6, 6.07) is 3.27. The van der Waals surface area contributed by atoms with Gasteiger partial charge >= 0.3 is 0 Å². The van der Waals surface area contributed by atoms with Crippen molar-refractivity contribution in [2.45, 2.75) is 37.6 Å². The molecule has 1 rings (SSSR count). The van der Waals surface area contributed by atoms with Crippen molar-refractivity contribution in [2.24, 2.45) is 5.73 Å². The molecule has 0 aromatic heterocycles. The van der Waals surface area contributed by atoms with Crippen molar-refractivity contribution < 1.29 is 12.8 Å². The molecule has 1 unspecified atom stereocenters. The lowest BCUT2D eigenvalue weighted by Crippen LogP contribution is -2.37. The number of hydrogen-bond donors (Lipinski definition) is 2. The highest BCUT2D eigenvalue weighted by Crippen LogP contribution is 2.17. The smallest absolute Gasteiger partial charge is 0.241 e. The van der Waals surface area contributed by atoms with Gasteiger partial charge in [-0.05, 0) is 31.0 Å². The van der Waals surface area contributed by atoms with E-state index >= 15 is 0 Å². The first-order chi connectivity index (χ1) is 8.76. The Labute approximate surface area is 118 Å². The third kappa shape index (κ3) is 4.52. The second-order valence-electron chi connectivity index (χ2n) is 4.31. The van der Waals surface area contributed by atoms with Gasteiger partial charge < -0.3 is 5.73 Å². The highest BCUT2D eigenvalue weighted by molar-refractivity contribution is 7.89. The van der Waals surface area contributed by atoms with Crippen LogP contribution in [0.3, 0.4) is 0 Å². The second-order valence-corrected chi connectivity index (χ2v) is 6.51. The van der Waals surface area contributed by atoms with Crippen LogP contribution in [0, 0.1) is 12.7 Å². The Bertz CT molecular complexity index is 573. The summed E-state index contributed by atoms with van der Waals surface area (Å²) in [4.78, 5) is 0.180. The summed E-state index contributed by atoms with van der Waals surface area (Å²) in [6.45, 7) is 3.44. The first-order valence-corrected chi connectivity index (χ1v) is 7.72. The summed E-state index contributed by atoms with van der Waals surface area (Å²) < 4.78 is 40.1. The molecule has 0 radical (unpaired) electrons. The van der Waals surface area contributed by atoms with Crippen molar-refractivity contribution in [3.63, 3.8) is 0 Å². The molecule has 0 aliphatic rings. The summed E-state index contributed by atoms with van der Waals surface area (Å²) in [7, 11) is -3.78. The first-order valence-electron chi connectivity index (χ1n) is 5.83. The maximum atomic E-state index is 13.2. The minimum Gasteiger partial charge on any atom is -0.393 e. The van der Waals surface area contributed by atoms with Gasteiger partial charge in [-0.2, -0.15) is 0 Å². The van der Waals surface area contributed by atoms with Gasteiger partial charge in [-0.3, -0.25) is 0 Å². The second kappa shape index (κ2) is 6.40. The summed E-state index contributed by atoms with van der Waals surface area (Å²) >= 11 is 4.77. The van der Waals surface area contributed by atoms with E-state index < -0.39 is 15.8 Å². The van der Waals surface area contributed by atoms with Crippen molar-refractivity contribution in [3.05, 3.63) is 29.6 Å². The molecule has 3 N–H and O–H groups in total. The molecule has 1 aromatic rings. The van der Waals surface area contributed by atoms with E-state index in [1.165, 1.54) is 12.1 Å². The molecule has 0 saturated carbocycles. The Morgan fingerprint density at radius 1 is 1.53 bits per heavy atom. The molecule has 1 aromatic carbocycles. The van der Waals surface area contributed by atoms with Crippen LogP contribution in [-0.2, 0) is 10.0 Å². The number of rotatable bonds is 6. The van der Waals surface area contributed by atoms with Crippen molar-refractivity contribution in [2.75, 3.05) is 0 Å². The van der Waals surface area contributed by atoms with Crippen molar-refractivity contribution >= 4 is 27.2 Å². The molecule has 0 fully saturated rings. The highest BCUT2D eigenvalue weighted by atomic mass is 32.2. The molecule has 0 heterocycles. The third-order valence-corrected chi connectivity index (χ3v) is 4.53. The predicted octanol–water partition coefficient (Wildman–Crippen LogP) is 1.87. The summed E-state index contributed by atoms with van der Waals surface area (Å²) in [5.41, 5.74) is 5.90. The fourth-order valence-corrected chi connectivity index (χ4v) is 3.44. The zero-order chi connectivity index (χ0) is 14.6. The van der Waals surface area contributed by atoms with E-state index in [0.29, 0.717) is 12.0 Å². The van der Waals surface area contributed by atoms with Crippen LogP contribution in [0.5, 0.6) is 0 Å². The zero-order valence-electron chi connectivity index (χ0n) is 10.8. The summed E-state index contributed by atoms with van der Waals surface area (Å²) in [5, 5.41) is 0. The van der Waals surface area contributed by atoms with Gasteiger partial charge in [0.05, 0.1) is 9.88 Å². The van der Waals surface area contributed by atoms with Gasteiger partial charge in [-0.25, -0.2) is 17.5 Å². The van der Waals surface area contributed by atoms with Gasteiger partial charge in [-0.1, -0.05) is 25.2 Å². The number of sulfonamides is 1. The molecular weight excluding hydrogens is 287 g/mol. The third-order valence-electron chi connectivity index (χ3n) is 2.70. The van der Waals surface area contributed by atoms with E-state index in [4.69, 9.17) is 18.0 Å². The molecule has 0 saturated heterocycles. The van der Waals surface area contributed by atoms with Crippen LogP contribution in [0.1, 0.15) is 25.3 Å². The van der Waals surface area contributed by atoms with Gasteiger partial charge in [0.15, 0.2) is 0 Å². The number of thiocarbonyl (C=S) groups is 1. The molecule has 0 aliphatic carbocycles. The molecule has 0 aliphatic heterocycles. The van der Waals surface area contributed by atoms with Gasteiger partial charge in [0.2, 0.25) is 10.0 Å². The largest absolute Gasteiger partial charge is 0.393 e. The molecule has 0 spiro atoms. The Balaban J connectivity index is 3.03. The van der Waals surface area contributed by atoms with Crippen LogP contribution >= 0.6 is 12.2 Å². The van der Waals surface area contributed by atoms with Gasteiger partial charge in [0.25, 0.3) is 0 Å². The lowest BCUT2D eigenvalue weighted by atomic mass is 10.2. The summed E-state index contributed by atoms with van der Waals surface area (Å²) in [5.74, 6) is -0.589. The zero-order valence-corrected chi connectivity index (χ0v) is 12.4. The Kier molecular flexibility index (Phi) is 5.39. The van der Waals surface area contributed by atoms with Crippen molar-refractivity contribution in [1.29, 1.82) is 0 Å². The number of nitrogens with two attached hydrogens (primary N) is 1.